The van der Waals surface area contributed by atoms with Crippen LogP contribution in [-0.4, -0.2) is 53.3 Å². The second-order valence-electron chi connectivity index (χ2n) is 13.2. The number of hydrogen-bond donors (Lipinski definition) is 3. The Kier molecular flexibility index (Phi) is 10.2. The number of primary sulfonamides is 1. The van der Waals surface area contributed by atoms with Gasteiger partial charge in [0.2, 0.25) is 20.0 Å². The minimum atomic E-state index is -3.13. The van der Waals surface area contributed by atoms with Crippen molar-refractivity contribution < 1.29 is 21.0 Å². The van der Waals surface area contributed by atoms with Gasteiger partial charge in [-0.25, -0.2) is 35.7 Å². The van der Waals surface area contributed by atoms with E-state index in [0.29, 0.717) is 0 Å². The molecule has 0 aromatic rings. The van der Waals surface area contributed by atoms with Crippen molar-refractivity contribution in [1.29, 1.82) is 0 Å². The van der Waals surface area contributed by atoms with Crippen molar-refractivity contribution in [3.63, 3.8) is 0 Å². The first-order valence-corrected chi connectivity index (χ1v) is 23.1. The summed E-state index contributed by atoms with van der Waals surface area (Å²) in [5.74, 6) is 0. The largest absolute Gasteiger partial charge is 0.265 e. The molecule has 3 saturated carbocycles. The lowest BCUT2D eigenvalue weighted by Crippen LogP contribution is -2.55. The van der Waals surface area contributed by atoms with Gasteiger partial charge in [0.05, 0.1) is 25.7 Å². The van der Waals surface area contributed by atoms with Gasteiger partial charge in [0.1, 0.15) is 8.24 Å². The van der Waals surface area contributed by atoms with Gasteiger partial charge in [-0.1, -0.05) is 54.6 Å². The molecule has 0 aromatic heterocycles. The van der Waals surface area contributed by atoms with E-state index >= 15 is 0 Å². The third kappa shape index (κ3) is 10.8. The minimum Gasteiger partial charge on any atom is -0.265 e. The van der Waals surface area contributed by atoms with E-state index < -0.39 is 46.4 Å². The van der Waals surface area contributed by atoms with Gasteiger partial charge in [0, 0.05) is 0 Å². The highest BCUT2D eigenvalue weighted by molar-refractivity contribution is 7.93. The molecule has 3 rings (SSSR count). The third-order valence-corrected chi connectivity index (χ3v) is 25.2. The predicted octanol–water partition coefficient (Wildman–Crippen LogP) is 4.01. The van der Waals surface area contributed by atoms with Crippen LogP contribution in [-0.2, 0) is 30.0 Å². The Hall–Kier alpha value is 0.164. The molecule has 0 aliphatic heterocycles. The lowest BCUT2D eigenvalue weighted by Gasteiger charge is -2.36. The van der Waals surface area contributed by atoms with Crippen LogP contribution in [0.2, 0.25) is 36.3 Å². The standard InChI is InChI=1S/C9H22N2OSSi.C9H21NO2SSi.C3H7NO2S/c1-9(2,3)14(4,5)11-13(10,12)8-6-7-8;1-9(2,3)14(4,5)10-13(11,12)8-6-7-8;4-7(5,6)3-1-2-3/h8H,6-7H2,1-5H3,(H2,10,11,12);8,10H,6-7H2,1-5H3;3H,1-2H2,(H2,4,5,6). The topological polar surface area (TPSA) is 162 Å². The number of hydrogen-bond acceptors (Lipinski definition) is 6. The molecule has 14 heteroatoms. The van der Waals surface area contributed by atoms with Gasteiger partial charge in [0.15, 0.2) is 8.24 Å². The van der Waals surface area contributed by atoms with Crippen LogP contribution in [0.15, 0.2) is 4.03 Å². The van der Waals surface area contributed by atoms with Gasteiger partial charge in [-0.05, 0) is 61.7 Å². The highest BCUT2D eigenvalue weighted by Gasteiger charge is 2.44. The summed E-state index contributed by atoms with van der Waals surface area (Å²) in [5.41, 5.74) is 0. The molecule has 5 N–H and O–H groups in total. The first kappa shape index (κ1) is 33.2. The molecule has 35 heavy (non-hydrogen) atoms. The number of nitrogens with zero attached hydrogens (tertiary/aromatic N) is 1. The average molecular weight is 591 g/mol. The van der Waals surface area contributed by atoms with Gasteiger partial charge < -0.3 is 0 Å². The van der Waals surface area contributed by atoms with E-state index in [1.165, 1.54) is 0 Å². The summed E-state index contributed by atoms with van der Waals surface area (Å²) in [5, 5.41) is 10.6. The maximum atomic E-state index is 12.1. The van der Waals surface area contributed by atoms with Crippen LogP contribution in [0.1, 0.15) is 80.1 Å². The third-order valence-electron chi connectivity index (χ3n) is 7.43. The molecule has 0 aromatic carbocycles. The van der Waals surface area contributed by atoms with Crippen LogP contribution in [0, 0.1) is 0 Å². The van der Waals surface area contributed by atoms with Crippen LogP contribution in [0.25, 0.3) is 0 Å². The van der Waals surface area contributed by atoms with E-state index in [1.807, 2.05) is 0 Å². The molecule has 1 atom stereocenters. The molecule has 9 nitrogen and oxygen atoms in total. The summed E-state index contributed by atoms with van der Waals surface area (Å²) in [7, 11) is -12.3. The first-order valence-electron chi connectivity index (χ1n) is 12.3. The van der Waals surface area contributed by atoms with E-state index in [4.69, 9.17) is 10.3 Å². The Morgan fingerprint density at radius 3 is 1.29 bits per heavy atom. The van der Waals surface area contributed by atoms with Crippen molar-refractivity contribution in [2.45, 2.75) is 132 Å². The fraction of sp³-hybridized carbons (Fsp3) is 1.00. The lowest BCUT2D eigenvalue weighted by molar-refractivity contribution is 0.587. The molecule has 1 unspecified atom stereocenters. The highest BCUT2D eigenvalue weighted by atomic mass is 32.2. The monoisotopic (exact) mass is 590 g/mol. The van der Waals surface area contributed by atoms with Gasteiger partial charge in [0.25, 0.3) is 0 Å². The van der Waals surface area contributed by atoms with Crippen molar-refractivity contribution >= 4 is 46.4 Å². The molecule has 3 aliphatic rings. The molecule has 0 amide bonds. The minimum absolute atomic E-state index is 0.0644. The van der Waals surface area contributed by atoms with Crippen LogP contribution in [0.5, 0.6) is 0 Å². The van der Waals surface area contributed by atoms with Crippen LogP contribution < -0.4 is 14.7 Å². The zero-order chi connectivity index (χ0) is 27.9. The Labute approximate surface area is 217 Å². The zero-order valence-electron chi connectivity index (χ0n) is 23.3. The van der Waals surface area contributed by atoms with Crippen molar-refractivity contribution in [3.8, 4) is 0 Å². The fourth-order valence-corrected chi connectivity index (χ4v) is 14.0. The fourth-order valence-electron chi connectivity index (χ4n) is 2.34. The van der Waals surface area contributed by atoms with E-state index in [0.717, 1.165) is 38.5 Å². The Morgan fingerprint density at radius 2 is 1.06 bits per heavy atom. The van der Waals surface area contributed by atoms with Crippen molar-refractivity contribution in [2.24, 2.45) is 14.3 Å². The molecule has 210 valence electrons. The van der Waals surface area contributed by atoms with E-state index in [1.54, 1.807) is 0 Å². The SMILES string of the molecule is CC(C)(C)[Si](C)(C)N=S(N)(=O)C1CC1.CC(C)(C)[Si](C)(C)NS(=O)(=O)C1CC1.NS(=O)(=O)C1CC1. The number of sulfonamides is 2. The number of nitrogens with two attached hydrogens (primary N) is 2. The smallest absolute Gasteiger partial charge is 0.211 e. The van der Waals surface area contributed by atoms with Crippen molar-refractivity contribution in [2.75, 3.05) is 0 Å². The highest BCUT2D eigenvalue weighted by Crippen LogP contribution is 2.39. The van der Waals surface area contributed by atoms with Gasteiger partial charge in [-0.15, -0.1) is 0 Å². The summed E-state index contributed by atoms with van der Waals surface area (Å²) >= 11 is 0. The van der Waals surface area contributed by atoms with Crippen molar-refractivity contribution in [1.82, 2.24) is 4.39 Å². The average Bonchev–Trinajstić information content (AvgIpc) is 3.46. The molecule has 0 bridgehead atoms. The summed E-state index contributed by atoms with van der Waals surface area (Å²) < 4.78 is 63.4. The first-order chi connectivity index (χ1) is 15.2. The van der Waals surface area contributed by atoms with E-state index in [9.17, 15) is 21.0 Å². The lowest BCUT2D eigenvalue weighted by atomic mass is 10.2. The van der Waals surface area contributed by atoms with Gasteiger partial charge in [-0.2, -0.15) is 0 Å². The van der Waals surface area contributed by atoms with Crippen molar-refractivity contribution in [3.05, 3.63) is 0 Å². The van der Waals surface area contributed by atoms with E-state index in [-0.39, 0.29) is 25.8 Å². The molecule has 3 aliphatic carbocycles. The summed E-state index contributed by atoms with van der Waals surface area (Å²) in [4.78, 5) is 0. The summed E-state index contributed by atoms with van der Waals surface area (Å²) in [6.45, 7) is 21.2. The quantitative estimate of drug-likeness (QED) is 0.398. The summed E-state index contributed by atoms with van der Waals surface area (Å²) in [6.07, 6.45) is 5.19. The van der Waals surface area contributed by atoms with Gasteiger partial charge >= 0.3 is 0 Å². The Morgan fingerprint density at radius 1 is 0.686 bits per heavy atom. The molecular weight excluding hydrogens is 541 g/mol. The molecule has 0 heterocycles. The second kappa shape index (κ2) is 10.7. The second-order valence-corrected chi connectivity index (χ2v) is 29.6. The number of nitrogens with one attached hydrogen (secondary N) is 1. The maximum Gasteiger partial charge on any atom is 0.211 e. The molecule has 3 fully saturated rings. The maximum absolute atomic E-state index is 12.1. The normalized spacial score (nSPS) is 21.6. The summed E-state index contributed by atoms with van der Waals surface area (Å²) in [6, 6.07) is 0. The van der Waals surface area contributed by atoms with Crippen LogP contribution in [0.3, 0.4) is 0 Å². The Bertz CT molecular complexity index is 1070. The molecule has 0 saturated heterocycles. The Balaban J connectivity index is 0.000000277. The van der Waals surface area contributed by atoms with Gasteiger partial charge in [-0.3, -0.25) is 4.03 Å². The van der Waals surface area contributed by atoms with Crippen LogP contribution >= 0.6 is 0 Å². The van der Waals surface area contributed by atoms with Crippen LogP contribution in [0.4, 0.5) is 0 Å². The zero-order valence-corrected chi connectivity index (χ0v) is 27.8. The molecule has 0 radical (unpaired) electrons. The predicted molar refractivity (Wildman–Crippen MR) is 153 cm³/mol. The molecular formula is C21H50N4O5S3Si2. The number of rotatable bonds is 6. The molecule has 0 spiro atoms. The van der Waals surface area contributed by atoms with E-state index in [2.05, 4.69) is 76.1 Å².